The summed E-state index contributed by atoms with van der Waals surface area (Å²) < 4.78 is 5.35. The van der Waals surface area contributed by atoms with Crippen molar-refractivity contribution in [2.45, 2.75) is 18.8 Å². The van der Waals surface area contributed by atoms with Gasteiger partial charge in [0.1, 0.15) is 11.3 Å². The Kier molecular flexibility index (Phi) is 2.68. The number of hydrogen-bond acceptors (Lipinski definition) is 3. The SMILES string of the molecule is Nc1cc(Cl)c2nc(C3CCOCC3)[nH]c2c1. The molecule has 0 atom stereocenters. The summed E-state index contributed by atoms with van der Waals surface area (Å²) in [4.78, 5) is 7.89. The molecule has 1 saturated heterocycles. The van der Waals surface area contributed by atoms with Crippen molar-refractivity contribution in [2.75, 3.05) is 18.9 Å². The molecule has 1 aliphatic heterocycles. The molecule has 5 heteroatoms. The number of nitrogens with one attached hydrogen (secondary N) is 1. The van der Waals surface area contributed by atoms with Gasteiger partial charge in [0.15, 0.2) is 0 Å². The Hall–Kier alpha value is -1.26. The Morgan fingerprint density at radius 2 is 2.12 bits per heavy atom. The molecule has 2 heterocycles. The Morgan fingerprint density at radius 1 is 1.35 bits per heavy atom. The van der Waals surface area contributed by atoms with Crippen molar-refractivity contribution in [1.82, 2.24) is 9.97 Å². The lowest BCUT2D eigenvalue weighted by Crippen LogP contribution is -2.15. The van der Waals surface area contributed by atoms with Gasteiger partial charge in [-0.25, -0.2) is 4.98 Å². The number of aromatic amines is 1. The van der Waals surface area contributed by atoms with Crippen LogP contribution in [-0.2, 0) is 4.74 Å². The highest BCUT2D eigenvalue weighted by Gasteiger charge is 2.19. The third-order valence-electron chi connectivity index (χ3n) is 3.19. The second-order valence-electron chi connectivity index (χ2n) is 4.41. The summed E-state index contributed by atoms with van der Waals surface area (Å²) in [5.74, 6) is 1.43. The smallest absolute Gasteiger partial charge is 0.110 e. The van der Waals surface area contributed by atoms with Crippen LogP contribution in [0.1, 0.15) is 24.6 Å². The molecule has 4 nitrogen and oxygen atoms in total. The first-order valence-electron chi connectivity index (χ1n) is 5.76. The standard InChI is InChI=1S/C12H14ClN3O/c13-9-5-8(14)6-10-11(9)16-12(15-10)7-1-3-17-4-2-7/h5-7H,1-4,14H2,(H,15,16). The van der Waals surface area contributed by atoms with Crippen LogP contribution in [0.5, 0.6) is 0 Å². The number of hydrogen-bond donors (Lipinski definition) is 2. The number of anilines is 1. The molecule has 1 aromatic carbocycles. The maximum atomic E-state index is 6.13. The first-order valence-corrected chi connectivity index (χ1v) is 6.14. The molecule has 0 unspecified atom stereocenters. The van der Waals surface area contributed by atoms with Gasteiger partial charge in [0.25, 0.3) is 0 Å². The van der Waals surface area contributed by atoms with E-state index in [0.717, 1.165) is 42.9 Å². The van der Waals surface area contributed by atoms with Crippen molar-refractivity contribution < 1.29 is 4.74 Å². The van der Waals surface area contributed by atoms with Crippen LogP contribution in [0.2, 0.25) is 5.02 Å². The Balaban J connectivity index is 2.03. The van der Waals surface area contributed by atoms with Crippen LogP contribution in [0, 0.1) is 0 Å². The third-order valence-corrected chi connectivity index (χ3v) is 3.48. The fraction of sp³-hybridized carbons (Fsp3) is 0.417. The van der Waals surface area contributed by atoms with Crippen LogP contribution in [0.4, 0.5) is 5.69 Å². The van der Waals surface area contributed by atoms with E-state index in [2.05, 4.69) is 9.97 Å². The lowest BCUT2D eigenvalue weighted by Gasteiger charge is -2.19. The molecule has 1 aromatic heterocycles. The molecule has 0 radical (unpaired) electrons. The number of H-pyrrole nitrogens is 1. The van der Waals surface area contributed by atoms with Crippen molar-refractivity contribution in [1.29, 1.82) is 0 Å². The van der Waals surface area contributed by atoms with Gasteiger partial charge in [-0.05, 0) is 25.0 Å². The molecule has 0 amide bonds. The zero-order chi connectivity index (χ0) is 11.8. The number of imidazole rings is 1. The lowest BCUT2D eigenvalue weighted by atomic mass is 10.00. The van der Waals surface area contributed by atoms with E-state index < -0.39 is 0 Å². The van der Waals surface area contributed by atoms with Crippen LogP contribution < -0.4 is 5.73 Å². The van der Waals surface area contributed by atoms with Crippen molar-refractivity contribution >= 4 is 28.3 Å². The van der Waals surface area contributed by atoms with Gasteiger partial charge in [0.05, 0.1) is 10.5 Å². The highest BCUT2D eigenvalue weighted by molar-refractivity contribution is 6.35. The van der Waals surface area contributed by atoms with E-state index in [1.54, 1.807) is 6.07 Å². The van der Waals surface area contributed by atoms with E-state index in [0.29, 0.717) is 16.6 Å². The van der Waals surface area contributed by atoms with Gasteiger partial charge < -0.3 is 15.5 Å². The number of nitrogens with two attached hydrogens (primary N) is 1. The van der Waals surface area contributed by atoms with E-state index in [9.17, 15) is 0 Å². The van der Waals surface area contributed by atoms with Crippen molar-refractivity contribution in [3.05, 3.63) is 23.0 Å². The minimum absolute atomic E-state index is 0.438. The van der Waals surface area contributed by atoms with Crippen LogP contribution in [0.3, 0.4) is 0 Å². The average molecular weight is 252 g/mol. The zero-order valence-corrected chi connectivity index (χ0v) is 10.1. The zero-order valence-electron chi connectivity index (χ0n) is 9.37. The fourth-order valence-corrected chi connectivity index (χ4v) is 2.55. The van der Waals surface area contributed by atoms with E-state index in [1.165, 1.54) is 0 Å². The summed E-state index contributed by atoms with van der Waals surface area (Å²) in [6.07, 6.45) is 2.01. The summed E-state index contributed by atoms with van der Waals surface area (Å²) >= 11 is 6.13. The maximum Gasteiger partial charge on any atom is 0.110 e. The number of aromatic nitrogens is 2. The summed E-state index contributed by atoms with van der Waals surface area (Å²) in [6.45, 7) is 1.61. The molecule has 0 saturated carbocycles. The summed E-state index contributed by atoms with van der Waals surface area (Å²) in [5, 5.41) is 0.606. The molecule has 3 N–H and O–H groups in total. The second kappa shape index (κ2) is 4.20. The highest BCUT2D eigenvalue weighted by atomic mass is 35.5. The first-order chi connectivity index (χ1) is 8.24. The predicted molar refractivity (Wildman–Crippen MR) is 68.3 cm³/mol. The van der Waals surface area contributed by atoms with Gasteiger partial charge >= 0.3 is 0 Å². The minimum Gasteiger partial charge on any atom is -0.399 e. The van der Waals surface area contributed by atoms with Gasteiger partial charge in [-0.2, -0.15) is 0 Å². The average Bonchev–Trinajstić information content (AvgIpc) is 2.74. The Morgan fingerprint density at radius 3 is 2.88 bits per heavy atom. The molecule has 0 bridgehead atoms. The maximum absolute atomic E-state index is 6.13. The monoisotopic (exact) mass is 251 g/mol. The fourth-order valence-electron chi connectivity index (χ4n) is 2.28. The number of fused-ring (bicyclic) bond motifs is 1. The normalized spacial score (nSPS) is 17.7. The van der Waals surface area contributed by atoms with E-state index >= 15 is 0 Å². The van der Waals surface area contributed by atoms with Gasteiger partial charge in [-0.1, -0.05) is 11.6 Å². The van der Waals surface area contributed by atoms with Crippen LogP contribution in [0.15, 0.2) is 12.1 Å². The van der Waals surface area contributed by atoms with Crippen molar-refractivity contribution in [3.8, 4) is 0 Å². The molecule has 0 spiro atoms. The van der Waals surface area contributed by atoms with Crippen LogP contribution >= 0.6 is 11.6 Å². The van der Waals surface area contributed by atoms with Gasteiger partial charge in [0.2, 0.25) is 0 Å². The number of rotatable bonds is 1. The van der Waals surface area contributed by atoms with Gasteiger partial charge in [-0.15, -0.1) is 0 Å². The first kappa shape index (κ1) is 10.9. The predicted octanol–water partition coefficient (Wildman–Crippen LogP) is 2.69. The quantitative estimate of drug-likeness (QED) is 0.766. The number of benzene rings is 1. The molecular weight excluding hydrogens is 238 g/mol. The number of nitrogens with zero attached hydrogens (tertiary/aromatic N) is 1. The molecule has 1 fully saturated rings. The topological polar surface area (TPSA) is 63.9 Å². The number of nitrogen functional groups attached to an aromatic ring is 1. The van der Waals surface area contributed by atoms with E-state index in [1.807, 2.05) is 6.07 Å². The Labute approximate surface area is 104 Å². The van der Waals surface area contributed by atoms with E-state index in [4.69, 9.17) is 22.1 Å². The largest absolute Gasteiger partial charge is 0.399 e. The van der Waals surface area contributed by atoms with Crippen LogP contribution in [-0.4, -0.2) is 23.2 Å². The van der Waals surface area contributed by atoms with Crippen molar-refractivity contribution in [2.24, 2.45) is 0 Å². The molecule has 0 aliphatic carbocycles. The summed E-state index contributed by atoms with van der Waals surface area (Å²) in [7, 11) is 0. The molecule has 1 aliphatic rings. The molecule has 3 rings (SSSR count). The third kappa shape index (κ3) is 1.98. The summed E-state index contributed by atoms with van der Waals surface area (Å²) in [5.41, 5.74) is 8.14. The van der Waals surface area contributed by atoms with Crippen molar-refractivity contribution in [3.63, 3.8) is 0 Å². The Bertz CT molecular complexity index is 546. The van der Waals surface area contributed by atoms with Gasteiger partial charge in [0, 0.05) is 24.8 Å². The molecular formula is C12H14ClN3O. The summed E-state index contributed by atoms with van der Waals surface area (Å²) in [6, 6.07) is 3.61. The minimum atomic E-state index is 0.438. The number of ether oxygens (including phenoxy) is 1. The highest BCUT2D eigenvalue weighted by Crippen LogP contribution is 2.30. The van der Waals surface area contributed by atoms with Gasteiger partial charge in [-0.3, -0.25) is 0 Å². The van der Waals surface area contributed by atoms with Crippen LogP contribution in [0.25, 0.3) is 11.0 Å². The lowest BCUT2D eigenvalue weighted by molar-refractivity contribution is 0.0838. The second-order valence-corrected chi connectivity index (χ2v) is 4.81. The molecule has 2 aromatic rings. The molecule has 17 heavy (non-hydrogen) atoms. The molecule has 90 valence electrons. The van der Waals surface area contributed by atoms with E-state index in [-0.39, 0.29) is 0 Å². The number of halogens is 1.